The summed E-state index contributed by atoms with van der Waals surface area (Å²) in [6, 6.07) is 40.1. The first-order valence-electron chi connectivity index (χ1n) is 16.3. The third-order valence-electron chi connectivity index (χ3n) is 7.53. The number of benzene rings is 4. The van der Waals surface area contributed by atoms with Crippen molar-refractivity contribution in [1.29, 1.82) is 0 Å². The summed E-state index contributed by atoms with van der Waals surface area (Å²) in [7, 11) is 0. The summed E-state index contributed by atoms with van der Waals surface area (Å²) in [5.41, 5.74) is 4.85. The van der Waals surface area contributed by atoms with Crippen LogP contribution < -0.4 is 20.4 Å². The molecule has 4 rings (SSSR count). The Kier molecular flexibility index (Phi) is 20.5. The van der Waals surface area contributed by atoms with Gasteiger partial charge < -0.3 is 39.6 Å². The predicted molar refractivity (Wildman–Crippen MR) is 181 cm³/mol. The zero-order valence-corrected chi connectivity index (χ0v) is 30.4. The van der Waals surface area contributed by atoms with Crippen LogP contribution in [0.5, 0.6) is 0 Å². The van der Waals surface area contributed by atoms with E-state index in [0.717, 1.165) is 11.1 Å². The van der Waals surface area contributed by atoms with Crippen molar-refractivity contribution in [1.82, 2.24) is 0 Å². The van der Waals surface area contributed by atoms with Crippen molar-refractivity contribution >= 4 is 45.0 Å². The van der Waals surface area contributed by atoms with E-state index >= 15 is 0 Å². The summed E-state index contributed by atoms with van der Waals surface area (Å²) in [5.74, 6) is -5.85. The van der Waals surface area contributed by atoms with Gasteiger partial charge in [-0.1, -0.05) is 60.7 Å². The molecule has 0 saturated heterocycles. The molecule has 0 bridgehead atoms. The summed E-state index contributed by atoms with van der Waals surface area (Å²) in [6.45, 7) is 0. The molecule has 0 N–H and O–H groups in total. The molecular weight excluding hydrogens is 727 g/mol. The Labute approximate surface area is 299 Å². The van der Waals surface area contributed by atoms with Gasteiger partial charge in [-0.15, -0.1) is 0 Å². The molecule has 0 aliphatic rings. The molecule has 0 aliphatic carbocycles. The van der Waals surface area contributed by atoms with Crippen molar-refractivity contribution in [2.45, 2.75) is 60.2 Å². The summed E-state index contributed by atoms with van der Waals surface area (Å²) in [4.78, 5) is 42.3. The van der Waals surface area contributed by atoms with Gasteiger partial charge in [-0.2, -0.15) is 0 Å². The maximum absolute atomic E-state index is 10.9. The molecule has 4 aromatic carbocycles. The zero-order chi connectivity index (χ0) is 35.7. The minimum absolute atomic E-state index is 0.113. The van der Waals surface area contributed by atoms with E-state index in [1.165, 1.54) is 20.0 Å². The normalized spacial score (nSPS) is 11.4. The molecule has 2 atom stereocenters. The molecule has 0 spiro atoms. The van der Waals surface area contributed by atoms with Crippen molar-refractivity contribution in [3.05, 3.63) is 144 Å². The van der Waals surface area contributed by atoms with Crippen molar-refractivity contribution in [3.8, 4) is 0 Å². The molecule has 0 aromatic heterocycles. The van der Waals surface area contributed by atoms with Crippen LogP contribution >= 0.6 is 0 Å². The molecule has 0 saturated carbocycles. The van der Waals surface area contributed by atoms with Crippen LogP contribution in [0.2, 0.25) is 0 Å². The first-order chi connectivity index (χ1) is 23.6. The average Bonchev–Trinajstić information content (AvgIpc) is 3.09. The predicted octanol–water partition coefficient (Wildman–Crippen LogP) is 2.12. The summed E-state index contributed by atoms with van der Waals surface area (Å²) < 4.78 is 2.69. The first-order valence-corrected chi connectivity index (χ1v) is 20.4. The minimum atomic E-state index is -1.15. The van der Waals surface area contributed by atoms with Gasteiger partial charge >= 0.3 is 102 Å². The standard InChI is InChI=1S/2C13H16O4.2C7H7.Sn/c2*14-12(15)8-4-7-11(13(16)17)9-10-5-2-1-3-6-10;2*1-7-5-3-2-4-6-7;/h2*1-3,5-6,11H,4,7-9H2,(H,14,15)(H,16,17);2*2-6H,1H2;/q;;;;+4/p-4. The average molecular weight is 769 g/mol. The fourth-order valence-corrected chi connectivity index (χ4v) is 8.28. The number of carboxylic acids is 4. The molecule has 9 heteroatoms. The third-order valence-corrected chi connectivity index (χ3v) is 11.3. The summed E-state index contributed by atoms with van der Waals surface area (Å²) in [5, 5.41) is 42.3. The number of carboxylic acid groups (broad SMARTS) is 4. The Morgan fingerprint density at radius 2 is 0.735 bits per heavy atom. The van der Waals surface area contributed by atoms with Gasteiger partial charge in [-0.25, -0.2) is 0 Å². The van der Waals surface area contributed by atoms with Crippen molar-refractivity contribution in [2.75, 3.05) is 0 Å². The second-order valence-corrected chi connectivity index (χ2v) is 15.0. The van der Waals surface area contributed by atoms with E-state index in [2.05, 4.69) is 60.7 Å². The molecule has 254 valence electrons. The van der Waals surface area contributed by atoms with E-state index < -0.39 is 35.7 Å². The molecular formula is C40H42O8Sn. The van der Waals surface area contributed by atoms with Crippen LogP contribution in [0.15, 0.2) is 121 Å². The quantitative estimate of drug-likeness (QED) is 0.139. The van der Waals surface area contributed by atoms with Gasteiger partial charge in [-0.05, 0) is 62.5 Å². The number of carbonyl (C=O) groups is 4. The number of carbonyl (C=O) groups excluding carboxylic acids is 4. The Balaban J connectivity index is 0.000000256. The number of hydrogen-bond acceptors (Lipinski definition) is 8. The van der Waals surface area contributed by atoms with Crippen molar-refractivity contribution in [2.24, 2.45) is 11.8 Å². The monoisotopic (exact) mass is 770 g/mol. The number of aliphatic carboxylic acids is 4. The maximum atomic E-state index is 10.9. The van der Waals surface area contributed by atoms with Crippen molar-refractivity contribution < 1.29 is 39.6 Å². The molecule has 8 nitrogen and oxygen atoms in total. The summed E-state index contributed by atoms with van der Waals surface area (Å²) in [6.07, 6.45) is 1.71. The second kappa shape index (κ2) is 24.7. The van der Waals surface area contributed by atoms with E-state index in [0.29, 0.717) is 38.5 Å². The SMILES string of the molecule is O=C([O-])CCCC(Cc1ccccc1)C(=O)[O-].O=C([O-])CCCC(Cc1ccccc1)C(=O)[O-].c1ccc([CH2][Sn+4][CH2]c2ccccc2)cc1. The van der Waals surface area contributed by atoms with E-state index in [1.54, 1.807) is 0 Å². The first kappa shape index (κ1) is 40.7. The van der Waals surface area contributed by atoms with E-state index in [4.69, 9.17) is 0 Å². The van der Waals surface area contributed by atoms with Crippen LogP contribution in [-0.2, 0) is 40.9 Å². The van der Waals surface area contributed by atoms with Gasteiger partial charge in [0, 0.05) is 35.7 Å². The third kappa shape index (κ3) is 19.9. The van der Waals surface area contributed by atoms with Crippen LogP contribution in [0, 0.1) is 11.8 Å². The van der Waals surface area contributed by atoms with Gasteiger partial charge in [0.05, 0.1) is 0 Å². The van der Waals surface area contributed by atoms with Gasteiger partial charge in [-0.3, -0.25) is 0 Å². The van der Waals surface area contributed by atoms with Crippen LogP contribution in [-0.4, -0.2) is 45.0 Å². The molecule has 2 unspecified atom stereocenters. The molecule has 0 fully saturated rings. The number of hydrogen-bond donors (Lipinski definition) is 0. The fourth-order valence-electron chi connectivity index (χ4n) is 4.93. The van der Waals surface area contributed by atoms with Gasteiger partial charge in [0.15, 0.2) is 0 Å². The molecule has 4 aromatic rings. The van der Waals surface area contributed by atoms with Crippen LogP contribution in [0.1, 0.15) is 60.8 Å². The molecule has 49 heavy (non-hydrogen) atoms. The topological polar surface area (TPSA) is 161 Å². The zero-order valence-electron chi connectivity index (χ0n) is 27.5. The Morgan fingerprint density at radius 3 is 1.00 bits per heavy atom. The van der Waals surface area contributed by atoms with E-state index in [1.807, 2.05) is 60.7 Å². The molecule has 0 heterocycles. The second-order valence-electron chi connectivity index (χ2n) is 11.5. The van der Waals surface area contributed by atoms with Gasteiger partial charge in [0.1, 0.15) is 0 Å². The fraction of sp³-hybridized carbons (Fsp3) is 0.300. The molecule has 0 aliphatic heterocycles. The molecule has 6 radical (unpaired) electrons. The molecule has 0 amide bonds. The van der Waals surface area contributed by atoms with Crippen LogP contribution in [0.3, 0.4) is 0 Å². The Morgan fingerprint density at radius 1 is 0.449 bits per heavy atom. The van der Waals surface area contributed by atoms with Gasteiger partial charge in [0.2, 0.25) is 0 Å². The van der Waals surface area contributed by atoms with Crippen LogP contribution in [0.25, 0.3) is 0 Å². The van der Waals surface area contributed by atoms with Crippen molar-refractivity contribution in [3.63, 3.8) is 0 Å². The Bertz CT molecular complexity index is 1380. The number of rotatable bonds is 18. The van der Waals surface area contributed by atoms with E-state index in [-0.39, 0.29) is 34.0 Å². The van der Waals surface area contributed by atoms with Crippen LogP contribution in [0.4, 0.5) is 0 Å². The Hall–Kier alpha value is -4.44. The van der Waals surface area contributed by atoms with Gasteiger partial charge in [0.25, 0.3) is 0 Å². The summed E-state index contributed by atoms with van der Waals surface area (Å²) >= 11 is -0.258. The van der Waals surface area contributed by atoms with E-state index in [9.17, 15) is 39.6 Å².